The Kier molecular flexibility index (Phi) is 3.42. The summed E-state index contributed by atoms with van der Waals surface area (Å²) in [6.45, 7) is 3.15. The quantitative estimate of drug-likeness (QED) is 0.839. The second kappa shape index (κ2) is 5.00. The number of hydrogen-bond acceptors (Lipinski definition) is 2. The van der Waals surface area contributed by atoms with E-state index >= 15 is 0 Å². The summed E-state index contributed by atoms with van der Waals surface area (Å²) in [7, 11) is 0. The molecule has 2 rings (SSSR count). The number of amides is 1. The Balaban J connectivity index is 2.36. The van der Waals surface area contributed by atoms with Gasteiger partial charge in [-0.15, -0.1) is 0 Å². The van der Waals surface area contributed by atoms with Crippen LogP contribution >= 0.6 is 0 Å². The molecule has 0 heterocycles. The summed E-state index contributed by atoms with van der Waals surface area (Å²) in [5.74, 6) is -1.02. The summed E-state index contributed by atoms with van der Waals surface area (Å²) in [4.78, 5) is 22.4. The molecule has 0 fully saturated rings. The Labute approximate surface area is 106 Å². The van der Waals surface area contributed by atoms with E-state index in [9.17, 15) is 9.59 Å². The minimum atomic E-state index is -0.546. The molecule has 2 aromatic rings. The molecule has 0 saturated heterocycles. The monoisotopic (exact) mass is 241 g/mol. The minimum Gasteiger partial charge on any atom is -0.343 e. The fourth-order valence-corrected chi connectivity index (χ4v) is 2.00. The van der Waals surface area contributed by atoms with Crippen LogP contribution in [0, 0.1) is 0 Å². The summed E-state index contributed by atoms with van der Waals surface area (Å²) < 4.78 is 0. The number of carbonyl (C=O) groups excluding carboxylic acids is 2. The molecule has 92 valence electrons. The molecule has 0 radical (unpaired) electrons. The summed E-state index contributed by atoms with van der Waals surface area (Å²) >= 11 is 0. The molecule has 0 bridgehead atoms. The van der Waals surface area contributed by atoms with Crippen molar-refractivity contribution in [2.45, 2.75) is 19.9 Å². The largest absolute Gasteiger partial charge is 0.343 e. The van der Waals surface area contributed by atoms with Crippen molar-refractivity contribution in [1.29, 1.82) is 0 Å². The van der Waals surface area contributed by atoms with Gasteiger partial charge in [-0.3, -0.25) is 9.59 Å². The normalized spacial score (nSPS) is 12.1. The lowest BCUT2D eigenvalue weighted by Gasteiger charge is -2.15. The maximum atomic E-state index is 11.4. The second-order valence-corrected chi connectivity index (χ2v) is 4.32. The van der Waals surface area contributed by atoms with Crippen LogP contribution in [0.1, 0.15) is 25.5 Å². The average molecular weight is 241 g/mol. The van der Waals surface area contributed by atoms with E-state index in [4.69, 9.17) is 0 Å². The number of benzene rings is 2. The third-order valence-electron chi connectivity index (χ3n) is 2.96. The van der Waals surface area contributed by atoms with Crippen molar-refractivity contribution >= 4 is 22.5 Å². The molecule has 0 aliphatic heterocycles. The first-order chi connectivity index (χ1) is 8.59. The molecule has 2 aromatic carbocycles. The maximum absolute atomic E-state index is 11.4. The summed E-state index contributed by atoms with van der Waals surface area (Å²) in [6, 6.07) is 13.7. The van der Waals surface area contributed by atoms with E-state index in [2.05, 4.69) is 5.32 Å². The molecule has 1 amide bonds. The lowest BCUT2D eigenvalue weighted by Crippen LogP contribution is -2.31. The van der Waals surface area contributed by atoms with Gasteiger partial charge in [-0.2, -0.15) is 0 Å². The van der Waals surface area contributed by atoms with Crippen LogP contribution in [0.2, 0.25) is 0 Å². The summed E-state index contributed by atoms with van der Waals surface area (Å²) in [5, 5.41) is 4.92. The van der Waals surface area contributed by atoms with Gasteiger partial charge in [0.2, 0.25) is 5.78 Å². The molecule has 3 nitrogen and oxygen atoms in total. The molecular formula is C15H15NO2. The van der Waals surface area contributed by atoms with Crippen molar-refractivity contribution in [2.75, 3.05) is 0 Å². The van der Waals surface area contributed by atoms with Gasteiger partial charge in [0.25, 0.3) is 5.91 Å². The lowest BCUT2D eigenvalue weighted by molar-refractivity contribution is -0.137. The van der Waals surface area contributed by atoms with Gasteiger partial charge in [0.05, 0.1) is 6.04 Å². The van der Waals surface area contributed by atoms with Crippen LogP contribution < -0.4 is 5.32 Å². The number of rotatable bonds is 3. The zero-order chi connectivity index (χ0) is 13.1. The highest BCUT2D eigenvalue weighted by molar-refractivity contribution is 6.35. The number of fused-ring (bicyclic) bond motifs is 1. The Morgan fingerprint density at radius 1 is 1.06 bits per heavy atom. The van der Waals surface area contributed by atoms with E-state index in [0.29, 0.717) is 0 Å². The van der Waals surface area contributed by atoms with Crippen LogP contribution in [-0.2, 0) is 9.59 Å². The fourth-order valence-electron chi connectivity index (χ4n) is 2.00. The highest BCUT2D eigenvalue weighted by Gasteiger charge is 2.14. The van der Waals surface area contributed by atoms with Crippen molar-refractivity contribution in [1.82, 2.24) is 5.32 Å². The summed E-state index contributed by atoms with van der Waals surface area (Å²) in [5.41, 5.74) is 1.02. The smallest absolute Gasteiger partial charge is 0.287 e. The topological polar surface area (TPSA) is 46.2 Å². The highest BCUT2D eigenvalue weighted by atomic mass is 16.2. The fraction of sp³-hybridized carbons (Fsp3) is 0.200. The van der Waals surface area contributed by atoms with Gasteiger partial charge < -0.3 is 5.32 Å². The third kappa shape index (κ3) is 2.40. The molecule has 3 heteroatoms. The first-order valence-electron chi connectivity index (χ1n) is 5.88. The Morgan fingerprint density at radius 2 is 1.72 bits per heavy atom. The van der Waals surface area contributed by atoms with Gasteiger partial charge in [0, 0.05) is 6.92 Å². The Hall–Kier alpha value is -2.16. The van der Waals surface area contributed by atoms with Crippen molar-refractivity contribution in [3.05, 3.63) is 48.0 Å². The molecule has 18 heavy (non-hydrogen) atoms. The van der Waals surface area contributed by atoms with Crippen molar-refractivity contribution < 1.29 is 9.59 Å². The molecular weight excluding hydrogens is 226 g/mol. The number of Topliss-reactive ketones (excluding diaryl/α,β-unsaturated/α-hetero) is 1. The molecule has 0 spiro atoms. The Morgan fingerprint density at radius 3 is 2.44 bits per heavy atom. The van der Waals surface area contributed by atoms with E-state index in [1.165, 1.54) is 6.92 Å². The van der Waals surface area contributed by atoms with Crippen LogP contribution in [-0.4, -0.2) is 11.7 Å². The summed E-state index contributed by atoms with van der Waals surface area (Å²) in [6.07, 6.45) is 0. The van der Waals surface area contributed by atoms with Gasteiger partial charge in [0.15, 0.2) is 0 Å². The first kappa shape index (κ1) is 12.3. The van der Waals surface area contributed by atoms with Crippen LogP contribution in [0.25, 0.3) is 10.8 Å². The SMILES string of the molecule is CC(=O)C(=O)N[C@H](C)c1cccc2ccccc12. The second-order valence-electron chi connectivity index (χ2n) is 4.32. The van der Waals surface area contributed by atoms with Gasteiger partial charge in [-0.25, -0.2) is 0 Å². The number of carbonyl (C=O) groups is 2. The molecule has 0 unspecified atom stereocenters. The van der Waals surface area contributed by atoms with E-state index in [1.54, 1.807) is 0 Å². The number of ketones is 1. The van der Waals surface area contributed by atoms with Gasteiger partial charge in [-0.05, 0) is 23.3 Å². The van der Waals surface area contributed by atoms with Crippen molar-refractivity contribution in [3.8, 4) is 0 Å². The van der Waals surface area contributed by atoms with Crippen LogP contribution in [0.15, 0.2) is 42.5 Å². The van der Waals surface area contributed by atoms with Gasteiger partial charge >= 0.3 is 0 Å². The van der Waals surface area contributed by atoms with Crippen molar-refractivity contribution in [2.24, 2.45) is 0 Å². The standard InChI is InChI=1S/C15H15NO2/c1-10(16-15(18)11(2)17)13-9-5-7-12-6-3-4-8-14(12)13/h3-10H,1-2H3,(H,16,18)/t10-/m1/s1. The predicted molar refractivity (Wildman–Crippen MR) is 71.2 cm³/mol. The minimum absolute atomic E-state index is 0.188. The molecule has 0 aromatic heterocycles. The van der Waals surface area contributed by atoms with Crippen LogP contribution in [0.3, 0.4) is 0 Å². The predicted octanol–water partition coefficient (Wildman–Crippen LogP) is 2.61. The van der Waals surface area contributed by atoms with Crippen LogP contribution in [0.5, 0.6) is 0 Å². The lowest BCUT2D eigenvalue weighted by atomic mass is 9.99. The Bertz CT molecular complexity index is 599. The molecule has 0 aliphatic carbocycles. The number of hydrogen-bond donors (Lipinski definition) is 1. The first-order valence-corrected chi connectivity index (χ1v) is 5.88. The van der Waals surface area contributed by atoms with E-state index < -0.39 is 11.7 Å². The van der Waals surface area contributed by atoms with Gasteiger partial charge in [-0.1, -0.05) is 42.5 Å². The van der Waals surface area contributed by atoms with E-state index in [0.717, 1.165) is 16.3 Å². The van der Waals surface area contributed by atoms with Crippen LogP contribution in [0.4, 0.5) is 0 Å². The third-order valence-corrected chi connectivity index (χ3v) is 2.96. The molecule has 0 saturated carbocycles. The number of nitrogens with one attached hydrogen (secondary N) is 1. The van der Waals surface area contributed by atoms with E-state index in [1.807, 2.05) is 49.4 Å². The molecule has 0 aliphatic rings. The van der Waals surface area contributed by atoms with E-state index in [-0.39, 0.29) is 6.04 Å². The van der Waals surface area contributed by atoms with Crippen molar-refractivity contribution in [3.63, 3.8) is 0 Å². The maximum Gasteiger partial charge on any atom is 0.287 e. The molecule has 1 N–H and O–H groups in total. The van der Waals surface area contributed by atoms with Gasteiger partial charge in [0.1, 0.15) is 0 Å². The zero-order valence-electron chi connectivity index (χ0n) is 10.4. The average Bonchev–Trinajstić information content (AvgIpc) is 2.37. The zero-order valence-corrected chi connectivity index (χ0v) is 10.4. The molecule has 1 atom stereocenters. The highest BCUT2D eigenvalue weighted by Crippen LogP contribution is 2.23.